The fourth-order valence-corrected chi connectivity index (χ4v) is 3.12. The third kappa shape index (κ3) is 3.47. The molecule has 4 heteroatoms. The van der Waals surface area contributed by atoms with Gasteiger partial charge in [-0.3, -0.25) is 14.8 Å². The van der Waals surface area contributed by atoms with Crippen molar-refractivity contribution < 1.29 is 4.79 Å². The second kappa shape index (κ2) is 6.50. The fourth-order valence-electron chi connectivity index (χ4n) is 2.14. The van der Waals surface area contributed by atoms with Crippen LogP contribution < -0.4 is 0 Å². The summed E-state index contributed by atoms with van der Waals surface area (Å²) >= 11 is 1.76. The van der Waals surface area contributed by atoms with Gasteiger partial charge in [0, 0.05) is 47.4 Å². The van der Waals surface area contributed by atoms with Crippen LogP contribution in [-0.2, 0) is 4.79 Å². The molecule has 3 heterocycles. The molecule has 1 aliphatic rings. The topological polar surface area (TPSA) is 42.9 Å². The van der Waals surface area contributed by atoms with E-state index in [9.17, 15) is 4.79 Å². The summed E-state index contributed by atoms with van der Waals surface area (Å²) in [5.74, 6) is 1.66. The molecule has 0 radical (unpaired) electrons. The van der Waals surface area contributed by atoms with E-state index in [1.807, 2.05) is 36.4 Å². The summed E-state index contributed by atoms with van der Waals surface area (Å²) in [6, 6.07) is 7.63. The minimum Gasteiger partial charge on any atom is -0.289 e. The minimum atomic E-state index is 0.141. The number of carbonyl (C=O) groups is 1. The van der Waals surface area contributed by atoms with Crippen LogP contribution in [0.25, 0.3) is 12.2 Å². The maximum atomic E-state index is 12.6. The van der Waals surface area contributed by atoms with Crippen molar-refractivity contribution >= 4 is 29.7 Å². The van der Waals surface area contributed by atoms with Gasteiger partial charge < -0.3 is 0 Å². The van der Waals surface area contributed by atoms with E-state index in [1.54, 1.807) is 36.5 Å². The number of aromatic nitrogens is 2. The van der Waals surface area contributed by atoms with Crippen molar-refractivity contribution in [1.82, 2.24) is 9.97 Å². The summed E-state index contributed by atoms with van der Waals surface area (Å²) in [6.45, 7) is 0. The maximum absolute atomic E-state index is 12.6. The van der Waals surface area contributed by atoms with Gasteiger partial charge >= 0.3 is 0 Å². The van der Waals surface area contributed by atoms with Gasteiger partial charge in [0.2, 0.25) is 0 Å². The Morgan fingerprint density at radius 3 is 1.67 bits per heavy atom. The number of hydrogen-bond donors (Lipinski definition) is 0. The predicted molar refractivity (Wildman–Crippen MR) is 86.8 cm³/mol. The first-order valence-electron chi connectivity index (χ1n) is 6.66. The average molecular weight is 294 g/mol. The van der Waals surface area contributed by atoms with Crippen molar-refractivity contribution in [2.24, 2.45) is 0 Å². The van der Waals surface area contributed by atoms with Crippen molar-refractivity contribution in [3.05, 3.63) is 71.3 Å². The van der Waals surface area contributed by atoms with Crippen LogP contribution in [0.2, 0.25) is 0 Å². The van der Waals surface area contributed by atoms with Crippen LogP contribution in [0.15, 0.2) is 60.2 Å². The lowest BCUT2D eigenvalue weighted by Crippen LogP contribution is -2.16. The zero-order chi connectivity index (χ0) is 14.5. The van der Waals surface area contributed by atoms with Crippen LogP contribution in [0, 0.1) is 0 Å². The molecule has 2 aromatic rings. The number of hydrogen-bond acceptors (Lipinski definition) is 4. The van der Waals surface area contributed by atoms with Gasteiger partial charge in [-0.2, -0.15) is 11.8 Å². The van der Waals surface area contributed by atoms with Crippen LogP contribution in [-0.4, -0.2) is 27.3 Å². The van der Waals surface area contributed by atoms with Crippen LogP contribution >= 0.6 is 11.8 Å². The lowest BCUT2D eigenvalue weighted by molar-refractivity contribution is -0.112. The molecule has 3 nitrogen and oxygen atoms in total. The first kappa shape index (κ1) is 13.8. The van der Waals surface area contributed by atoms with E-state index in [-0.39, 0.29) is 5.78 Å². The standard InChI is InChI=1S/C17H14N2OS/c20-17-15(9-13-1-5-18-6-2-13)11-21-12-16(17)10-14-3-7-19-8-4-14/h1-10H,11-12H2. The Kier molecular flexibility index (Phi) is 4.26. The van der Waals surface area contributed by atoms with Gasteiger partial charge in [0.25, 0.3) is 0 Å². The molecule has 1 fully saturated rings. The number of carbonyl (C=O) groups excluding carboxylic acids is 1. The lowest BCUT2D eigenvalue weighted by atomic mass is 10.0. The monoisotopic (exact) mass is 294 g/mol. The van der Waals surface area contributed by atoms with Gasteiger partial charge in [0.1, 0.15) is 0 Å². The van der Waals surface area contributed by atoms with Crippen molar-refractivity contribution in [3.8, 4) is 0 Å². The minimum absolute atomic E-state index is 0.141. The maximum Gasteiger partial charge on any atom is 0.186 e. The quantitative estimate of drug-likeness (QED) is 0.797. The second-order valence-electron chi connectivity index (χ2n) is 4.72. The Morgan fingerprint density at radius 1 is 0.810 bits per heavy atom. The summed E-state index contributed by atoms with van der Waals surface area (Å²) < 4.78 is 0. The van der Waals surface area contributed by atoms with Crippen LogP contribution in [0.1, 0.15) is 11.1 Å². The molecule has 1 saturated heterocycles. The smallest absolute Gasteiger partial charge is 0.186 e. The fraction of sp³-hybridized carbons (Fsp3) is 0.118. The molecule has 0 aromatic carbocycles. The largest absolute Gasteiger partial charge is 0.289 e. The molecular formula is C17H14N2OS. The zero-order valence-electron chi connectivity index (χ0n) is 11.4. The molecule has 0 amide bonds. The molecule has 21 heavy (non-hydrogen) atoms. The number of nitrogens with zero attached hydrogens (tertiary/aromatic N) is 2. The van der Waals surface area contributed by atoms with Crippen LogP contribution in [0.4, 0.5) is 0 Å². The van der Waals surface area contributed by atoms with Gasteiger partial charge in [0.15, 0.2) is 5.78 Å². The van der Waals surface area contributed by atoms with E-state index in [1.165, 1.54) is 0 Å². The van der Waals surface area contributed by atoms with E-state index in [4.69, 9.17) is 0 Å². The third-order valence-electron chi connectivity index (χ3n) is 3.19. The number of rotatable bonds is 2. The summed E-state index contributed by atoms with van der Waals surface area (Å²) in [5, 5.41) is 0. The number of Topliss-reactive ketones (excluding diaryl/α,β-unsaturated/α-hetero) is 1. The normalized spacial score (nSPS) is 19.1. The molecule has 1 aliphatic heterocycles. The summed E-state index contributed by atoms with van der Waals surface area (Å²) in [7, 11) is 0. The van der Waals surface area contributed by atoms with Gasteiger partial charge in [0.05, 0.1) is 0 Å². The zero-order valence-corrected chi connectivity index (χ0v) is 12.2. The number of ketones is 1. The molecule has 104 valence electrons. The van der Waals surface area contributed by atoms with Crippen LogP contribution in [0.3, 0.4) is 0 Å². The molecule has 0 atom stereocenters. The van der Waals surface area contributed by atoms with Gasteiger partial charge in [-0.05, 0) is 47.5 Å². The molecule has 2 aromatic heterocycles. The Labute approximate surface area is 127 Å². The Bertz CT molecular complexity index is 634. The molecule has 0 bridgehead atoms. The first-order chi connectivity index (χ1) is 10.3. The second-order valence-corrected chi connectivity index (χ2v) is 5.71. The number of pyridine rings is 2. The van der Waals surface area contributed by atoms with Crippen molar-refractivity contribution in [2.75, 3.05) is 11.5 Å². The van der Waals surface area contributed by atoms with E-state index < -0.39 is 0 Å². The first-order valence-corrected chi connectivity index (χ1v) is 7.82. The summed E-state index contributed by atoms with van der Waals surface area (Å²) in [5.41, 5.74) is 3.72. The Balaban J connectivity index is 1.88. The van der Waals surface area contributed by atoms with Crippen molar-refractivity contribution in [3.63, 3.8) is 0 Å². The van der Waals surface area contributed by atoms with Crippen LogP contribution in [0.5, 0.6) is 0 Å². The SMILES string of the molecule is O=C1C(=Cc2ccncc2)CSCC1=Cc1ccncc1. The highest BCUT2D eigenvalue weighted by atomic mass is 32.2. The molecule has 3 rings (SSSR count). The summed E-state index contributed by atoms with van der Waals surface area (Å²) in [4.78, 5) is 20.5. The highest BCUT2D eigenvalue weighted by Gasteiger charge is 2.20. The number of thioether (sulfide) groups is 1. The van der Waals surface area contributed by atoms with Crippen molar-refractivity contribution in [1.29, 1.82) is 0 Å². The molecule has 0 unspecified atom stereocenters. The van der Waals surface area contributed by atoms with E-state index in [0.717, 1.165) is 33.8 Å². The van der Waals surface area contributed by atoms with Gasteiger partial charge in [-0.25, -0.2) is 0 Å². The average Bonchev–Trinajstić information content (AvgIpc) is 2.53. The van der Waals surface area contributed by atoms with E-state index in [2.05, 4.69) is 9.97 Å². The van der Waals surface area contributed by atoms with Gasteiger partial charge in [-0.1, -0.05) is 0 Å². The van der Waals surface area contributed by atoms with E-state index in [0.29, 0.717) is 0 Å². The molecule has 0 saturated carbocycles. The highest BCUT2D eigenvalue weighted by molar-refractivity contribution is 7.99. The molecule has 0 spiro atoms. The predicted octanol–water partition coefficient (Wildman–Crippen LogP) is 3.26. The Hall–Kier alpha value is -2.20. The van der Waals surface area contributed by atoms with Crippen molar-refractivity contribution in [2.45, 2.75) is 0 Å². The summed E-state index contributed by atoms with van der Waals surface area (Å²) in [6.07, 6.45) is 10.9. The highest BCUT2D eigenvalue weighted by Crippen LogP contribution is 2.26. The van der Waals surface area contributed by atoms with E-state index >= 15 is 0 Å². The lowest BCUT2D eigenvalue weighted by Gasteiger charge is -2.16. The molecular weight excluding hydrogens is 280 g/mol. The Morgan fingerprint density at radius 2 is 1.24 bits per heavy atom. The van der Waals surface area contributed by atoms with Gasteiger partial charge in [-0.15, -0.1) is 0 Å². The third-order valence-corrected chi connectivity index (χ3v) is 4.22. The molecule has 0 N–H and O–H groups in total. The molecule has 0 aliphatic carbocycles.